The van der Waals surface area contributed by atoms with E-state index >= 15 is 0 Å². The molecule has 2 aromatic rings. The molecule has 0 bridgehead atoms. The fraction of sp³-hybridized carbons (Fsp3) is 0.294. The SMILES string of the molecule is Nc1ccccc1-c1ccc(CN2CCOCC2)cc1. The summed E-state index contributed by atoms with van der Waals surface area (Å²) in [6.45, 7) is 4.73. The zero-order valence-electron chi connectivity index (χ0n) is 11.6. The van der Waals surface area contributed by atoms with Gasteiger partial charge in [0.15, 0.2) is 0 Å². The van der Waals surface area contributed by atoms with Gasteiger partial charge >= 0.3 is 0 Å². The van der Waals surface area contributed by atoms with Gasteiger partial charge in [-0.15, -0.1) is 0 Å². The van der Waals surface area contributed by atoms with Crippen LogP contribution in [0.2, 0.25) is 0 Å². The first-order valence-electron chi connectivity index (χ1n) is 7.07. The lowest BCUT2D eigenvalue weighted by atomic mass is 10.0. The van der Waals surface area contributed by atoms with Crippen LogP contribution in [-0.2, 0) is 11.3 Å². The second-order valence-electron chi connectivity index (χ2n) is 5.17. The van der Waals surface area contributed by atoms with E-state index in [1.807, 2.05) is 18.2 Å². The molecule has 3 rings (SSSR count). The number of benzene rings is 2. The van der Waals surface area contributed by atoms with Crippen LogP contribution >= 0.6 is 0 Å². The Kier molecular flexibility index (Phi) is 4.00. The molecule has 3 nitrogen and oxygen atoms in total. The lowest BCUT2D eigenvalue weighted by molar-refractivity contribution is 0.0342. The molecule has 1 heterocycles. The van der Waals surface area contributed by atoms with Gasteiger partial charge in [0.25, 0.3) is 0 Å². The summed E-state index contributed by atoms with van der Waals surface area (Å²) in [6.07, 6.45) is 0. The number of para-hydroxylation sites is 1. The number of nitrogens with zero attached hydrogens (tertiary/aromatic N) is 1. The molecule has 1 fully saturated rings. The smallest absolute Gasteiger partial charge is 0.0594 e. The fourth-order valence-electron chi connectivity index (χ4n) is 2.57. The van der Waals surface area contributed by atoms with Gasteiger partial charge in [-0.1, -0.05) is 42.5 Å². The molecular formula is C17H20N2O. The molecule has 2 aromatic carbocycles. The van der Waals surface area contributed by atoms with Crippen LogP contribution in [0, 0.1) is 0 Å². The van der Waals surface area contributed by atoms with Crippen LogP contribution in [-0.4, -0.2) is 31.2 Å². The summed E-state index contributed by atoms with van der Waals surface area (Å²) in [4.78, 5) is 2.43. The maximum atomic E-state index is 6.02. The monoisotopic (exact) mass is 268 g/mol. The number of nitrogen functional groups attached to an aromatic ring is 1. The average Bonchev–Trinajstić information content (AvgIpc) is 2.50. The summed E-state index contributed by atoms with van der Waals surface area (Å²) in [5.41, 5.74) is 10.5. The van der Waals surface area contributed by atoms with Gasteiger partial charge in [0.1, 0.15) is 0 Å². The van der Waals surface area contributed by atoms with Gasteiger partial charge in [-0.25, -0.2) is 0 Å². The quantitative estimate of drug-likeness (QED) is 0.870. The Labute approximate surface area is 120 Å². The number of nitrogens with two attached hydrogens (primary N) is 1. The first kappa shape index (κ1) is 13.2. The van der Waals surface area contributed by atoms with Crippen molar-refractivity contribution < 1.29 is 4.74 Å². The Morgan fingerprint density at radius 2 is 1.65 bits per heavy atom. The van der Waals surface area contributed by atoms with Crippen molar-refractivity contribution in [2.45, 2.75) is 6.54 Å². The molecule has 20 heavy (non-hydrogen) atoms. The van der Waals surface area contributed by atoms with E-state index in [0.29, 0.717) is 0 Å². The Bertz CT molecular complexity index is 559. The van der Waals surface area contributed by atoms with Crippen LogP contribution in [0.4, 0.5) is 5.69 Å². The highest BCUT2D eigenvalue weighted by Gasteiger charge is 2.10. The van der Waals surface area contributed by atoms with E-state index in [9.17, 15) is 0 Å². The topological polar surface area (TPSA) is 38.5 Å². The highest BCUT2D eigenvalue weighted by molar-refractivity contribution is 5.76. The lowest BCUT2D eigenvalue weighted by Crippen LogP contribution is -2.35. The standard InChI is InChI=1S/C17H20N2O/c18-17-4-2-1-3-16(17)15-7-5-14(6-8-15)13-19-9-11-20-12-10-19/h1-8H,9-13,18H2. The van der Waals surface area contributed by atoms with Gasteiger partial charge in [-0.3, -0.25) is 4.90 Å². The summed E-state index contributed by atoms with van der Waals surface area (Å²) in [7, 11) is 0. The van der Waals surface area contributed by atoms with Crippen molar-refractivity contribution in [1.82, 2.24) is 4.90 Å². The Balaban J connectivity index is 1.73. The number of rotatable bonds is 3. The zero-order valence-corrected chi connectivity index (χ0v) is 11.6. The van der Waals surface area contributed by atoms with E-state index in [0.717, 1.165) is 44.1 Å². The average molecular weight is 268 g/mol. The number of morpholine rings is 1. The van der Waals surface area contributed by atoms with Gasteiger partial charge < -0.3 is 10.5 Å². The van der Waals surface area contributed by atoms with E-state index in [2.05, 4.69) is 35.2 Å². The van der Waals surface area contributed by atoms with E-state index in [1.54, 1.807) is 0 Å². The van der Waals surface area contributed by atoms with Gasteiger partial charge in [-0.2, -0.15) is 0 Å². The molecule has 0 atom stereocenters. The van der Waals surface area contributed by atoms with E-state index in [4.69, 9.17) is 10.5 Å². The molecule has 104 valence electrons. The molecule has 0 saturated carbocycles. The van der Waals surface area contributed by atoms with Crippen molar-refractivity contribution in [3.05, 3.63) is 54.1 Å². The lowest BCUT2D eigenvalue weighted by Gasteiger charge is -2.26. The Morgan fingerprint density at radius 1 is 0.950 bits per heavy atom. The molecule has 0 aliphatic carbocycles. The minimum atomic E-state index is 0.827. The van der Waals surface area contributed by atoms with Crippen molar-refractivity contribution in [2.24, 2.45) is 0 Å². The third-order valence-corrected chi connectivity index (χ3v) is 3.74. The summed E-state index contributed by atoms with van der Waals surface area (Å²) in [5.74, 6) is 0. The second-order valence-corrected chi connectivity index (χ2v) is 5.17. The number of ether oxygens (including phenoxy) is 1. The summed E-state index contributed by atoms with van der Waals surface area (Å²) in [5, 5.41) is 0. The minimum Gasteiger partial charge on any atom is -0.398 e. The predicted molar refractivity (Wildman–Crippen MR) is 82.4 cm³/mol. The first-order valence-corrected chi connectivity index (χ1v) is 7.07. The third kappa shape index (κ3) is 3.00. The second kappa shape index (κ2) is 6.07. The van der Waals surface area contributed by atoms with Crippen LogP contribution < -0.4 is 5.73 Å². The molecular weight excluding hydrogens is 248 g/mol. The first-order chi connectivity index (χ1) is 9.83. The van der Waals surface area contributed by atoms with Crippen molar-refractivity contribution in [3.8, 4) is 11.1 Å². The summed E-state index contributed by atoms with van der Waals surface area (Å²) < 4.78 is 5.37. The van der Waals surface area contributed by atoms with Gasteiger partial charge in [0.05, 0.1) is 13.2 Å². The van der Waals surface area contributed by atoms with Crippen LogP contribution in [0.25, 0.3) is 11.1 Å². The highest BCUT2D eigenvalue weighted by atomic mass is 16.5. The maximum Gasteiger partial charge on any atom is 0.0594 e. The molecule has 0 radical (unpaired) electrons. The van der Waals surface area contributed by atoms with E-state index in [1.165, 1.54) is 11.1 Å². The van der Waals surface area contributed by atoms with Gasteiger partial charge in [0, 0.05) is 30.9 Å². The van der Waals surface area contributed by atoms with Gasteiger partial charge in [-0.05, 0) is 17.2 Å². The van der Waals surface area contributed by atoms with E-state index in [-0.39, 0.29) is 0 Å². The summed E-state index contributed by atoms with van der Waals surface area (Å²) >= 11 is 0. The van der Waals surface area contributed by atoms with E-state index < -0.39 is 0 Å². The van der Waals surface area contributed by atoms with Crippen LogP contribution in [0.15, 0.2) is 48.5 Å². The van der Waals surface area contributed by atoms with Gasteiger partial charge in [0.2, 0.25) is 0 Å². The predicted octanol–water partition coefficient (Wildman–Crippen LogP) is 2.77. The largest absolute Gasteiger partial charge is 0.398 e. The maximum absolute atomic E-state index is 6.02. The minimum absolute atomic E-state index is 0.827. The number of anilines is 1. The number of hydrogen-bond donors (Lipinski definition) is 1. The zero-order chi connectivity index (χ0) is 13.8. The highest BCUT2D eigenvalue weighted by Crippen LogP contribution is 2.25. The molecule has 0 unspecified atom stereocenters. The molecule has 1 saturated heterocycles. The summed E-state index contributed by atoms with van der Waals surface area (Å²) in [6, 6.07) is 16.7. The Morgan fingerprint density at radius 3 is 2.35 bits per heavy atom. The molecule has 0 amide bonds. The van der Waals surface area contributed by atoms with Crippen LogP contribution in [0.1, 0.15) is 5.56 Å². The molecule has 3 heteroatoms. The molecule has 2 N–H and O–H groups in total. The third-order valence-electron chi connectivity index (χ3n) is 3.74. The van der Waals surface area contributed by atoms with Crippen LogP contribution in [0.5, 0.6) is 0 Å². The fourth-order valence-corrected chi connectivity index (χ4v) is 2.57. The molecule has 0 spiro atoms. The molecule has 0 aromatic heterocycles. The molecule has 1 aliphatic rings. The normalized spacial score (nSPS) is 16.2. The van der Waals surface area contributed by atoms with Crippen molar-refractivity contribution in [1.29, 1.82) is 0 Å². The molecule has 1 aliphatic heterocycles. The Hall–Kier alpha value is -1.84. The van der Waals surface area contributed by atoms with Crippen molar-refractivity contribution >= 4 is 5.69 Å². The van der Waals surface area contributed by atoms with Crippen LogP contribution in [0.3, 0.4) is 0 Å². The van der Waals surface area contributed by atoms with Crippen molar-refractivity contribution in [3.63, 3.8) is 0 Å². The van der Waals surface area contributed by atoms with Crippen molar-refractivity contribution in [2.75, 3.05) is 32.0 Å². The number of hydrogen-bond acceptors (Lipinski definition) is 3.